The lowest BCUT2D eigenvalue weighted by Crippen LogP contribution is -2.11. The van der Waals surface area contributed by atoms with Crippen LogP contribution in [0.5, 0.6) is 5.88 Å². The molecule has 0 aliphatic rings. The molecule has 1 heterocycles. The molecule has 3 N–H and O–H groups in total. The summed E-state index contributed by atoms with van der Waals surface area (Å²) in [5, 5.41) is 24.8. The minimum absolute atomic E-state index is 0.00725. The number of azo groups is 1. The fraction of sp³-hybridized carbons (Fsp3) is 0.222. The lowest BCUT2D eigenvalue weighted by molar-refractivity contribution is 0.401. The number of rotatable bonds is 5. The average molecular weight is 372 g/mol. The summed E-state index contributed by atoms with van der Waals surface area (Å²) in [6, 6.07) is 13.3. The summed E-state index contributed by atoms with van der Waals surface area (Å²) < 4.78 is 24.4. The molecule has 8 heteroatoms. The van der Waals surface area contributed by atoms with E-state index in [0.29, 0.717) is 23.8 Å². The highest BCUT2D eigenvalue weighted by atomic mass is 32.2. The van der Waals surface area contributed by atoms with Gasteiger partial charge in [0.1, 0.15) is 0 Å². The van der Waals surface area contributed by atoms with Crippen LogP contribution >= 0.6 is 0 Å². The molecule has 0 aliphatic heterocycles. The van der Waals surface area contributed by atoms with Gasteiger partial charge in [0.15, 0.2) is 5.69 Å². The molecule has 0 radical (unpaired) electrons. The number of para-hydroxylation sites is 1. The predicted molar refractivity (Wildman–Crippen MR) is 100 cm³/mol. The first-order chi connectivity index (χ1) is 12.3. The normalized spacial score (nSPS) is 12.5. The Morgan fingerprint density at radius 2 is 1.73 bits per heavy atom. The second kappa shape index (κ2) is 6.89. The second-order valence-electron chi connectivity index (χ2n) is 6.43. The maximum absolute atomic E-state index is 11.3. The van der Waals surface area contributed by atoms with Crippen LogP contribution in [0.4, 0.5) is 11.4 Å². The van der Waals surface area contributed by atoms with Crippen molar-refractivity contribution in [3.63, 3.8) is 0 Å². The van der Waals surface area contributed by atoms with Gasteiger partial charge in [-0.1, -0.05) is 32.0 Å². The van der Waals surface area contributed by atoms with Crippen LogP contribution in [0.3, 0.4) is 0 Å². The zero-order valence-electron chi connectivity index (χ0n) is 14.5. The molecular weight excluding hydrogens is 352 g/mol. The third-order valence-corrected chi connectivity index (χ3v) is 4.83. The number of hydrogen-bond acceptors (Lipinski definition) is 5. The lowest BCUT2D eigenvalue weighted by Gasteiger charge is -2.09. The van der Waals surface area contributed by atoms with Crippen molar-refractivity contribution in [2.24, 2.45) is 21.3 Å². The van der Waals surface area contributed by atoms with Gasteiger partial charge in [0, 0.05) is 11.9 Å². The van der Waals surface area contributed by atoms with Crippen molar-refractivity contribution in [1.29, 1.82) is 0 Å². The van der Waals surface area contributed by atoms with Gasteiger partial charge >= 0.3 is 0 Å². The molecule has 0 atom stereocenters. The number of primary sulfonamides is 1. The van der Waals surface area contributed by atoms with E-state index in [2.05, 4.69) is 24.1 Å². The van der Waals surface area contributed by atoms with Gasteiger partial charge in [-0.05, 0) is 36.2 Å². The van der Waals surface area contributed by atoms with E-state index in [1.807, 2.05) is 28.8 Å². The Bertz CT molecular complexity index is 1070. The Morgan fingerprint density at radius 1 is 1.08 bits per heavy atom. The number of nitrogens with two attached hydrogens (primary N) is 1. The molecule has 0 amide bonds. The molecule has 1 aromatic heterocycles. The van der Waals surface area contributed by atoms with Crippen LogP contribution in [0.25, 0.3) is 10.9 Å². The molecule has 26 heavy (non-hydrogen) atoms. The molecule has 0 bridgehead atoms. The standard InChI is InChI=1S/C18H20N4O3S/c1-12(2)11-22-16-6-4-3-5-15(16)17(18(22)23)21-20-13-7-9-14(10-8-13)26(19,24)25/h3-10,12,23H,11H2,1-2H3,(H2,19,24,25). The molecule has 0 saturated carbocycles. The third-order valence-electron chi connectivity index (χ3n) is 3.90. The Balaban J connectivity index is 2.01. The van der Waals surface area contributed by atoms with Crippen LogP contribution in [-0.4, -0.2) is 18.1 Å². The molecule has 0 fully saturated rings. The van der Waals surface area contributed by atoms with Gasteiger partial charge < -0.3 is 9.67 Å². The van der Waals surface area contributed by atoms with Gasteiger partial charge in [0.05, 0.1) is 16.1 Å². The maximum Gasteiger partial charge on any atom is 0.238 e. The second-order valence-corrected chi connectivity index (χ2v) is 7.99. The molecule has 0 saturated heterocycles. The van der Waals surface area contributed by atoms with Gasteiger partial charge in [-0.25, -0.2) is 13.6 Å². The minimum Gasteiger partial charge on any atom is -0.493 e. The molecule has 0 unspecified atom stereocenters. The predicted octanol–water partition coefficient (Wildman–Crippen LogP) is 4.07. The summed E-state index contributed by atoms with van der Waals surface area (Å²) in [5.74, 6) is 0.414. The smallest absolute Gasteiger partial charge is 0.238 e. The number of nitrogens with zero attached hydrogens (tertiary/aromatic N) is 3. The molecule has 0 spiro atoms. The van der Waals surface area contributed by atoms with Crippen LogP contribution in [0, 0.1) is 5.92 Å². The monoisotopic (exact) mass is 372 g/mol. The van der Waals surface area contributed by atoms with Crippen molar-refractivity contribution in [2.45, 2.75) is 25.3 Å². The Labute approximate surface area is 151 Å². The summed E-state index contributed by atoms with van der Waals surface area (Å²) in [5.41, 5.74) is 1.73. The minimum atomic E-state index is -3.75. The summed E-state index contributed by atoms with van der Waals surface area (Å²) in [6.07, 6.45) is 0. The summed E-state index contributed by atoms with van der Waals surface area (Å²) >= 11 is 0. The fourth-order valence-electron chi connectivity index (χ4n) is 2.73. The molecular formula is C18H20N4O3S. The maximum atomic E-state index is 11.3. The average Bonchev–Trinajstić information content (AvgIpc) is 2.84. The fourth-order valence-corrected chi connectivity index (χ4v) is 3.25. The Hall–Kier alpha value is -2.71. The Kier molecular flexibility index (Phi) is 4.80. The highest BCUT2D eigenvalue weighted by Crippen LogP contribution is 2.39. The number of aromatic nitrogens is 1. The van der Waals surface area contributed by atoms with Crippen LogP contribution in [0.1, 0.15) is 13.8 Å². The topological polar surface area (TPSA) is 110 Å². The van der Waals surface area contributed by atoms with Gasteiger partial charge in [-0.2, -0.15) is 5.11 Å². The van der Waals surface area contributed by atoms with Crippen molar-refractivity contribution in [1.82, 2.24) is 4.57 Å². The van der Waals surface area contributed by atoms with Gasteiger partial charge in [-0.3, -0.25) is 0 Å². The van der Waals surface area contributed by atoms with E-state index in [1.165, 1.54) is 24.3 Å². The van der Waals surface area contributed by atoms with E-state index in [4.69, 9.17) is 5.14 Å². The zero-order chi connectivity index (χ0) is 18.9. The first-order valence-corrected chi connectivity index (χ1v) is 9.67. The largest absolute Gasteiger partial charge is 0.493 e. The van der Waals surface area contributed by atoms with Crippen LogP contribution in [0.15, 0.2) is 63.7 Å². The van der Waals surface area contributed by atoms with Crippen molar-refractivity contribution >= 4 is 32.3 Å². The van der Waals surface area contributed by atoms with Gasteiger partial charge in [0.25, 0.3) is 0 Å². The van der Waals surface area contributed by atoms with Crippen molar-refractivity contribution < 1.29 is 13.5 Å². The van der Waals surface area contributed by atoms with E-state index in [0.717, 1.165) is 10.9 Å². The van der Waals surface area contributed by atoms with E-state index in [1.54, 1.807) is 0 Å². The number of aromatic hydroxyl groups is 1. The molecule has 0 aliphatic carbocycles. The van der Waals surface area contributed by atoms with Crippen LogP contribution in [0.2, 0.25) is 0 Å². The first-order valence-electron chi connectivity index (χ1n) is 8.12. The van der Waals surface area contributed by atoms with Crippen LogP contribution < -0.4 is 5.14 Å². The molecule has 3 aromatic rings. The third kappa shape index (κ3) is 3.61. The number of sulfonamides is 1. The van der Waals surface area contributed by atoms with E-state index in [9.17, 15) is 13.5 Å². The molecule has 7 nitrogen and oxygen atoms in total. The van der Waals surface area contributed by atoms with Crippen molar-refractivity contribution in [2.75, 3.05) is 0 Å². The molecule has 3 rings (SSSR count). The molecule has 136 valence electrons. The summed E-state index contributed by atoms with van der Waals surface area (Å²) in [6.45, 7) is 4.80. The van der Waals surface area contributed by atoms with Crippen molar-refractivity contribution in [3.8, 4) is 5.88 Å². The van der Waals surface area contributed by atoms with E-state index in [-0.39, 0.29) is 10.8 Å². The highest BCUT2D eigenvalue weighted by Gasteiger charge is 2.17. The number of benzene rings is 2. The SMILES string of the molecule is CC(C)Cn1c(O)c(N=Nc2ccc(S(N)(=O)=O)cc2)c2ccccc21. The number of fused-ring (bicyclic) bond motifs is 1. The molecule has 2 aromatic carbocycles. The first kappa shape index (κ1) is 18.1. The highest BCUT2D eigenvalue weighted by molar-refractivity contribution is 7.89. The van der Waals surface area contributed by atoms with Crippen LogP contribution in [-0.2, 0) is 16.6 Å². The van der Waals surface area contributed by atoms with E-state index >= 15 is 0 Å². The summed E-state index contributed by atoms with van der Waals surface area (Å²) in [7, 11) is -3.75. The lowest BCUT2D eigenvalue weighted by atomic mass is 10.2. The summed E-state index contributed by atoms with van der Waals surface area (Å²) in [4.78, 5) is 0.00725. The quantitative estimate of drug-likeness (QED) is 0.659. The van der Waals surface area contributed by atoms with Gasteiger partial charge in [-0.15, -0.1) is 5.11 Å². The van der Waals surface area contributed by atoms with Gasteiger partial charge in [0.2, 0.25) is 15.9 Å². The van der Waals surface area contributed by atoms with E-state index < -0.39 is 10.0 Å². The Morgan fingerprint density at radius 3 is 2.35 bits per heavy atom. The van der Waals surface area contributed by atoms with Crippen molar-refractivity contribution in [3.05, 3.63) is 48.5 Å². The zero-order valence-corrected chi connectivity index (χ0v) is 15.3. The number of hydrogen-bond donors (Lipinski definition) is 2.